The molecule has 1 aromatic carbocycles. The number of imidazole rings is 2. The van der Waals surface area contributed by atoms with Crippen LogP contribution in [0.5, 0.6) is 0 Å². The first-order valence-electron chi connectivity index (χ1n) is 15.6. The highest BCUT2D eigenvalue weighted by Crippen LogP contribution is 2.36. The normalized spacial score (nSPS) is 12.9. The molecule has 47 heavy (non-hydrogen) atoms. The van der Waals surface area contributed by atoms with E-state index in [2.05, 4.69) is 41.5 Å². The Bertz CT molecular complexity index is 1850. The minimum Gasteiger partial charge on any atom is -0.483 e. The molecule has 0 spiro atoms. The number of benzene rings is 1. The first-order chi connectivity index (χ1) is 22.8. The summed E-state index contributed by atoms with van der Waals surface area (Å²) in [5.74, 6) is 1.24. The van der Waals surface area contributed by atoms with Crippen LogP contribution in [-0.4, -0.2) is 103 Å². The molecule has 3 N–H and O–H groups in total. The standard InChI is InChI=1S/C33H39N9O2.CH2O2/c1-39(2)15-5-7-30(43)35-14-17-41(16-12-26-20-34-22-37-26)33(44)25-10-11-28-27(18-25)38-32(40(28)3)29-19-24-6-4-13-36-31(24)42(29)21-23-8-9-23;2-1-3/h4-7,10-11,13,18-20,22-23H,8-9,12,14-17,21H2,1-3H3,(H,34,37)(H,35,43);1H,(H,2,3)/b7-5+;. The number of likely N-dealkylation sites (N-methyl/N-ethyl adjacent to an activating group) is 1. The number of hydrogen-bond acceptors (Lipinski definition) is 7. The van der Waals surface area contributed by atoms with Crippen molar-refractivity contribution in [2.45, 2.75) is 25.8 Å². The minimum atomic E-state index is -0.250. The van der Waals surface area contributed by atoms with Crippen molar-refractivity contribution < 1.29 is 19.5 Å². The van der Waals surface area contributed by atoms with Crippen LogP contribution in [0.25, 0.3) is 33.6 Å². The molecule has 2 amide bonds. The number of carbonyl (C=O) groups is 3. The molecule has 0 saturated heterocycles. The lowest BCUT2D eigenvalue weighted by Gasteiger charge is -2.23. The fourth-order valence-electron chi connectivity index (χ4n) is 5.50. The summed E-state index contributed by atoms with van der Waals surface area (Å²) in [6, 6.07) is 11.9. The van der Waals surface area contributed by atoms with E-state index in [9.17, 15) is 9.59 Å². The van der Waals surface area contributed by atoms with E-state index >= 15 is 0 Å². The van der Waals surface area contributed by atoms with Crippen LogP contribution in [0, 0.1) is 5.92 Å². The van der Waals surface area contributed by atoms with Crippen LogP contribution >= 0.6 is 0 Å². The Morgan fingerprint density at radius 3 is 2.70 bits per heavy atom. The zero-order valence-electron chi connectivity index (χ0n) is 27.0. The molecular formula is C34H41N9O4. The third-order valence-corrected chi connectivity index (χ3v) is 8.06. The lowest BCUT2D eigenvalue weighted by atomic mass is 10.1. The molecule has 1 aliphatic rings. The highest BCUT2D eigenvalue weighted by Gasteiger charge is 2.26. The van der Waals surface area contributed by atoms with Gasteiger partial charge in [-0.25, -0.2) is 15.0 Å². The summed E-state index contributed by atoms with van der Waals surface area (Å²) in [6.45, 7) is 2.55. The number of aromatic nitrogens is 6. The maximum atomic E-state index is 13.9. The lowest BCUT2D eigenvalue weighted by Crippen LogP contribution is -2.39. The molecule has 13 nitrogen and oxygen atoms in total. The van der Waals surface area contributed by atoms with E-state index < -0.39 is 0 Å². The molecule has 0 bridgehead atoms. The van der Waals surface area contributed by atoms with Crippen molar-refractivity contribution in [3.63, 3.8) is 0 Å². The fraction of sp³-hybridized carbons (Fsp3) is 0.353. The zero-order chi connectivity index (χ0) is 33.3. The predicted molar refractivity (Wildman–Crippen MR) is 180 cm³/mol. The van der Waals surface area contributed by atoms with Gasteiger partial charge in [0, 0.05) is 81.3 Å². The van der Waals surface area contributed by atoms with E-state index in [1.54, 1.807) is 17.4 Å². The van der Waals surface area contributed by atoms with Gasteiger partial charge in [0.05, 0.1) is 23.1 Å². The Labute approximate surface area is 272 Å². The van der Waals surface area contributed by atoms with Crippen LogP contribution in [0.4, 0.5) is 0 Å². The van der Waals surface area contributed by atoms with Gasteiger partial charge in [-0.05, 0) is 69.3 Å². The molecule has 13 heteroatoms. The molecular weight excluding hydrogens is 598 g/mol. The number of H-pyrrole nitrogens is 1. The van der Waals surface area contributed by atoms with Crippen LogP contribution in [0.1, 0.15) is 28.9 Å². The Hall–Kier alpha value is -5.30. The Kier molecular flexibility index (Phi) is 10.8. The summed E-state index contributed by atoms with van der Waals surface area (Å²) in [6.07, 6.45) is 11.7. The van der Waals surface area contributed by atoms with E-state index in [-0.39, 0.29) is 18.3 Å². The first-order valence-corrected chi connectivity index (χ1v) is 15.6. The number of hydrogen-bond donors (Lipinski definition) is 3. The number of aryl methyl sites for hydroxylation is 1. The number of rotatable bonds is 13. The Morgan fingerprint density at radius 1 is 1.17 bits per heavy atom. The minimum absolute atomic E-state index is 0.108. The van der Waals surface area contributed by atoms with Gasteiger partial charge in [-0.1, -0.05) is 6.08 Å². The molecule has 1 fully saturated rings. The van der Waals surface area contributed by atoms with E-state index in [0.717, 1.165) is 45.8 Å². The SMILES string of the molecule is CN(C)C/C=C/C(=O)NCCN(CCc1cnc[nH]1)C(=O)c1ccc2c(c1)nc(-c1cc3cccnc3n1CC1CC1)n2C.O=CO. The van der Waals surface area contributed by atoms with Gasteiger partial charge in [0.25, 0.3) is 12.4 Å². The number of nitrogens with zero attached hydrogens (tertiary/aromatic N) is 7. The fourth-order valence-corrected chi connectivity index (χ4v) is 5.50. The number of pyridine rings is 1. The second kappa shape index (κ2) is 15.3. The number of carboxylic acid groups (broad SMARTS) is 1. The quantitative estimate of drug-likeness (QED) is 0.131. The molecule has 1 aliphatic carbocycles. The molecule has 4 aromatic heterocycles. The molecule has 5 aromatic rings. The Balaban J connectivity index is 0.00000139. The summed E-state index contributed by atoms with van der Waals surface area (Å²) >= 11 is 0. The average molecular weight is 640 g/mol. The molecule has 1 saturated carbocycles. The molecule has 6 rings (SSSR count). The zero-order valence-corrected chi connectivity index (χ0v) is 27.0. The molecule has 0 atom stereocenters. The maximum Gasteiger partial charge on any atom is 0.290 e. The molecule has 0 aliphatic heterocycles. The van der Waals surface area contributed by atoms with Crippen LogP contribution in [0.3, 0.4) is 0 Å². The lowest BCUT2D eigenvalue weighted by molar-refractivity contribution is -0.123. The van der Waals surface area contributed by atoms with Crippen molar-refractivity contribution in [1.82, 2.24) is 44.2 Å². The first kappa shape index (κ1) is 33.1. The topological polar surface area (TPSA) is 154 Å². The van der Waals surface area contributed by atoms with Crippen LogP contribution in [0.2, 0.25) is 0 Å². The van der Waals surface area contributed by atoms with Crippen molar-refractivity contribution in [1.29, 1.82) is 0 Å². The van der Waals surface area contributed by atoms with Crippen molar-refractivity contribution >= 4 is 40.4 Å². The van der Waals surface area contributed by atoms with Gasteiger partial charge in [0.15, 0.2) is 5.82 Å². The maximum absolute atomic E-state index is 13.9. The third kappa shape index (κ3) is 8.30. The molecule has 4 heterocycles. The summed E-state index contributed by atoms with van der Waals surface area (Å²) in [5.41, 5.74) is 5.23. The second-order valence-corrected chi connectivity index (χ2v) is 11.9. The van der Waals surface area contributed by atoms with Crippen LogP contribution in [0.15, 0.2) is 67.3 Å². The monoisotopic (exact) mass is 639 g/mol. The highest BCUT2D eigenvalue weighted by molar-refractivity contribution is 5.98. The van der Waals surface area contributed by atoms with Crippen molar-refractivity contribution in [3.8, 4) is 11.5 Å². The third-order valence-electron chi connectivity index (χ3n) is 8.06. The van der Waals surface area contributed by atoms with E-state index in [1.807, 2.05) is 62.6 Å². The summed E-state index contributed by atoms with van der Waals surface area (Å²) in [7, 11) is 5.91. The predicted octanol–water partition coefficient (Wildman–Crippen LogP) is 3.34. The van der Waals surface area contributed by atoms with E-state index in [4.69, 9.17) is 14.9 Å². The van der Waals surface area contributed by atoms with E-state index in [0.29, 0.717) is 44.1 Å². The molecule has 0 unspecified atom stereocenters. The van der Waals surface area contributed by atoms with Gasteiger partial charge in [0.1, 0.15) is 5.65 Å². The van der Waals surface area contributed by atoms with Gasteiger partial charge in [-0.2, -0.15) is 0 Å². The number of aromatic amines is 1. The van der Waals surface area contributed by atoms with Crippen molar-refractivity contribution in [3.05, 3.63) is 78.5 Å². The second-order valence-electron chi connectivity index (χ2n) is 11.9. The van der Waals surface area contributed by atoms with Crippen LogP contribution < -0.4 is 5.32 Å². The number of fused-ring (bicyclic) bond motifs is 2. The summed E-state index contributed by atoms with van der Waals surface area (Å²) in [4.78, 5) is 55.2. The van der Waals surface area contributed by atoms with Gasteiger partial charge in [-0.3, -0.25) is 14.4 Å². The smallest absolute Gasteiger partial charge is 0.290 e. The molecule has 0 radical (unpaired) electrons. The average Bonchev–Trinajstić information content (AvgIpc) is 3.43. The summed E-state index contributed by atoms with van der Waals surface area (Å²) in [5, 5.41) is 10.9. The van der Waals surface area contributed by atoms with E-state index in [1.165, 1.54) is 18.9 Å². The molecule has 246 valence electrons. The highest BCUT2D eigenvalue weighted by atomic mass is 16.3. The summed E-state index contributed by atoms with van der Waals surface area (Å²) < 4.78 is 4.39. The number of amides is 2. The largest absolute Gasteiger partial charge is 0.483 e. The van der Waals surface area contributed by atoms with Gasteiger partial charge in [-0.15, -0.1) is 0 Å². The van der Waals surface area contributed by atoms with Crippen LogP contribution in [-0.2, 0) is 29.6 Å². The number of carbonyl (C=O) groups excluding carboxylic acids is 2. The van der Waals surface area contributed by atoms with Gasteiger partial charge >= 0.3 is 0 Å². The van der Waals surface area contributed by atoms with Gasteiger partial charge in [0.2, 0.25) is 5.91 Å². The van der Waals surface area contributed by atoms with Crippen molar-refractivity contribution in [2.24, 2.45) is 13.0 Å². The number of nitrogens with one attached hydrogen (secondary N) is 2. The van der Waals surface area contributed by atoms with Gasteiger partial charge < -0.3 is 34.3 Å². The Morgan fingerprint density at radius 2 is 1.98 bits per heavy atom. The van der Waals surface area contributed by atoms with Crippen molar-refractivity contribution in [2.75, 3.05) is 40.3 Å².